The number of aromatic nitrogens is 2. The van der Waals surface area contributed by atoms with E-state index in [2.05, 4.69) is 9.71 Å². The Morgan fingerprint density at radius 1 is 1.65 bits per heavy atom. The fraction of sp³-hybridized carbons (Fsp3) is 0.500. The summed E-state index contributed by atoms with van der Waals surface area (Å²) in [6, 6.07) is 0. The number of nitrogens with zero attached hydrogens (tertiary/aromatic N) is 2. The molecule has 0 bridgehead atoms. The molecule has 8 nitrogen and oxygen atoms in total. The highest BCUT2D eigenvalue weighted by atomic mass is 32.2. The van der Waals surface area contributed by atoms with Gasteiger partial charge in [-0.15, -0.1) is 0 Å². The van der Waals surface area contributed by atoms with Gasteiger partial charge >= 0.3 is 5.97 Å². The first-order chi connectivity index (χ1) is 7.83. The van der Waals surface area contributed by atoms with Gasteiger partial charge in [0.2, 0.25) is 0 Å². The van der Waals surface area contributed by atoms with E-state index in [-0.39, 0.29) is 18.0 Å². The topological polar surface area (TPSA) is 122 Å². The van der Waals surface area contributed by atoms with Gasteiger partial charge in [-0.3, -0.25) is 0 Å². The third-order valence-corrected chi connectivity index (χ3v) is 3.30. The maximum atomic E-state index is 11.6. The van der Waals surface area contributed by atoms with Crippen molar-refractivity contribution in [2.24, 2.45) is 7.05 Å². The number of sulfonamides is 1. The van der Waals surface area contributed by atoms with Crippen LogP contribution in [-0.4, -0.2) is 46.8 Å². The number of carboxylic acids is 1. The molecule has 3 N–H and O–H groups in total. The molecular weight excluding hydrogens is 250 g/mol. The van der Waals surface area contributed by atoms with E-state index in [1.165, 1.54) is 17.1 Å². The number of aryl methyl sites for hydroxylation is 1. The molecule has 0 fully saturated rings. The number of carbonyl (C=O) groups is 1. The first-order valence-corrected chi connectivity index (χ1v) is 6.20. The SMILES string of the molecule is Cn1cnc(S(=O)(=O)NCCC(O)C(=O)O)c1. The predicted molar refractivity (Wildman–Crippen MR) is 56.7 cm³/mol. The molecule has 1 atom stereocenters. The molecule has 9 heteroatoms. The summed E-state index contributed by atoms with van der Waals surface area (Å²) < 4.78 is 26.8. The van der Waals surface area contributed by atoms with Gasteiger partial charge in [0, 0.05) is 19.8 Å². The van der Waals surface area contributed by atoms with Crippen LogP contribution >= 0.6 is 0 Å². The van der Waals surface area contributed by atoms with Crippen LogP contribution < -0.4 is 4.72 Å². The van der Waals surface area contributed by atoms with Crippen LogP contribution in [0.3, 0.4) is 0 Å². The number of aliphatic hydroxyl groups excluding tert-OH is 1. The fourth-order valence-electron chi connectivity index (χ4n) is 1.06. The normalized spacial score (nSPS) is 13.5. The van der Waals surface area contributed by atoms with Crippen molar-refractivity contribution in [1.29, 1.82) is 0 Å². The monoisotopic (exact) mass is 263 g/mol. The summed E-state index contributed by atoms with van der Waals surface area (Å²) in [6.07, 6.45) is 0.860. The van der Waals surface area contributed by atoms with E-state index in [4.69, 9.17) is 10.2 Å². The van der Waals surface area contributed by atoms with Crippen molar-refractivity contribution >= 4 is 16.0 Å². The van der Waals surface area contributed by atoms with Gasteiger partial charge < -0.3 is 14.8 Å². The van der Waals surface area contributed by atoms with Crippen LogP contribution in [0.5, 0.6) is 0 Å². The van der Waals surface area contributed by atoms with Gasteiger partial charge in [-0.2, -0.15) is 0 Å². The van der Waals surface area contributed by atoms with Crippen LogP contribution in [0.4, 0.5) is 0 Å². The molecule has 0 spiro atoms. The first-order valence-electron chi connectivity index (χ1n) is 4.71. The Morgan fingerprint density at radius 2 is 2.29 bits per heavy atom. The second-order valence-electron chi connectivity index (χ2n) is 3.42. The minimum absolute atomic E-state index is 0.148. The summed E-state index contributed by atoms with van der Waals surface area (Å²) >= 11 is 0. The van der Waals surface area contributed by atoms with Gasteiger partial charge in [0.15, 0.2) is 11.1 Å². The third-order valence-electron chi connectivity index (χ3n) is 1.95. The van der Waals surface area contributed by atoms with Gasteiger partial charge in [-0.25, -0.2) is 22.9 Å². The molecule has 0 aliphatic rings. The minimum Gasteiger partial charge on any atom is -0.479 e. The lowest BCUT2D eigenvalue weighted by Crippen LogP contribution is -2.30. The molecule has 0 aliphatic carbocycles. The molecular formula is C8H13N3O5S. The molecule has 0 aromatic carbocycles. The lowest BCUT2D eigenvalue weighted by Gasteiger charge is -2.06. The van der Waals surface area contributed by atoms with Crippen molar-refractivity contribution < 1.29 is 23.4 Å². The van der Waals surface area contributed by atoms with E-state index in [1.807, 2.05) is 0 Å². The number of nitrogens with one attached hydrogen (secondary N) is 1. The number of hydrogen-bond donors (Lipinski definition) is 3. The fourth-order valence-corrected chi connectivity index (χ4v) is 2.08. The molecule has 1 heterocycles. The molecule has 0 amide bonds. The molecule has 96 valence electrons. The molecule has 0 saturated heterocycles. The van der Waals surface area contributed by atoms with Crippen LogP contribution in [0.1, 0.15) is 6.42 Å². The van der Waals surface area contributed by atoms with Crippen LogP contribution in [0.2, 0.25) is 0 Å². The summed E-state index contributed by atoms with van der Waals surface area (Å²) in [6.45, 7) is -0.174. The predicted octanol–water partition coefficient (Wildman–Crippen LogP) is -1.47. The van der Waals surface area contributed by atoms with Crippen molar-refractivity contribution in [3.63, 3.8) is 0 Å². The molecule has 17 heavy (non-hydrogen) atoms. The van der Waals surface area contributed by atoms with Gasteiger partial charge in [0.05, 0.1) is 6.33 Å². The zero-order valence-electron chi connectivity index (χ0n) is 9.07. The number of rotatable bonds is 6. The van der Waals surface area contributed by atoms with Crippen molar-refractivity contribution in [2.45, 2.75) is 17.6 Å². The number of hydrogen-bond acceptors (Lipinski definition) is 5. The van der Waals surface area contributed by atoms with Crippen LogP contribution in [0, 0.1) is 0 Å². The number of imidazole rings is 1. The quantitative estimate of drug-likeness (QED) is 0.576. The van der Waals surface area contributed by atoms with Crippen molar-refractivity contribution in [3.8, 4) is 0 Å². The maximum Gasteiger partial charge on any atom is 0.332 e. The van der Waals surface area contributed by atoms with Crippen molar-refractivity contribution in [3.05, 3.63) is 12.5 Å². The van der Waals surface area contributed by atoms with Gasteiger partial charge in [-0.05, 0) is 6.42 Å². The molecule has 1 aromatic heterocycles. The Bertz CT molecular complexity index is 495. The zero-order valence-corrected chi connectivity index (χ0v) is 9.88. The summed E-state index contributed by atoms with van der Waals surface area (Å²) in [5, 5.41) is 17.2. The van der Waals surface area contributed by atoms with Crippen LogP contribution in [-0.2, 0) is 21.9 Å². The Balaban J connectivity index is 2.54. The van der Waals surface area contributed by atoms with Crippen LogP contribution in [0.15, 0.2) is 17.6 Å². The zero-order chi connectivity index (χ0) is 13.1. The second-order valence-corrected chi connectivity index (χ2v) is 5.13. The molecule has 1 rings (SSSR count). The third kappa shape index (κ3) is 3.80. The Hall–Kier alpha value is -1.45. The number of carboxylic acid groups (broad SMARTS) is 1. The van der Waals surface area contributed by atoms with Crippen LogP contribution in [0.25, 0.3) is 0 Å². The standard InChI is InChI=1S/C8H13N3O5S/c1-11-4-7(9-5-11)17(15,16)10-3-2-6(12)8(13)14/h4-6,10,12H,2-3H2,1H3,(H,13,14). The number of aliphatic carboxylic acids is 1. The van der Waals surface area contributed by atoms with E-state index in [0.29, 0.717) is 0 Å². The van der Waals surface area contributed by atoms with E-state index >= 15 is 0 Å². The lowest BCUT2D eigenvalue weighted by molar-refractivity contribution is -0.146. The van der Waals surface area contributed by atoms with E-state index in [9.17, 15) is 13.2 Å². The largest absolute Gasteiger partial charge is 0.479 e. The molecule has 0 aliphatic heterocycles. The highest BCUT2D eigenvalue weighted by molar-refractivity contribution is 7.89. The average molecular weight is 263 g/mol. The van der Waals surface area contributed by atoms with E-state index in [1.54, 1.807) is 7.05 Å². The molecule has 0 radical (unpaired) electrons. The Kier molecular flexibility index (Phi) is 4.21. The second kappa shape index (κ2) is 5.25. The highest BCUT2D eigenvalue weighted by Crippen LogP contribution is 2.03. The van der Waals surface area contributed by atoms with E-state index < -0.39 is 22.1 Å². The summed E-state index contributed by atoms with van der Waals surface area (Å²) in [5.74, 6) is -1.39. The highest BCUT2D eigenvalue weighted by Gasteiger charge is 2.18. The molecule has 0 saturated carbocycles. The maximum absolute atomic E-state index is 11.6. The Labute approximate surface area is 98.0 Å². The smallest absolute Gasteiger partial charge is 0.332 e. The summed E-state index contributed by atoms with van der Waals surface area (Å²) in [4.78, 5) is 13.9. The summed E-state index contributed by atoms with van der Waals surface area (Å²) in [7, 11) is -2.12. The van der Waals surface area contributed by atoms with E-state index in [0.717, 1.165) is 0 Å². The number of aliphatic hydroxyl groups is 1. The molecule has 1 unspecified atom stereocenters. The van der Waals surface area contributed by atoms with Gasteiger partial charge in [-0.1, -0.05) is 0 Å². The van der Waals surface area contributed by atoms with Crippen molar-refractivity contribution in [2.75, 3.05) is 6.54 Å². The summed E-state index contributed by atoms with van der Waals surface area (Å²) in [5.41, 5.74) is 0. The molecule has 1 aromatic rings. The lowest BCUT2D eigenvalue weighted by atomic mass is 10.3. The minimum atomic E-state index is -3.75. The van der Waals surface area contributed by atoms with Gasteiger partial charge in [0.25, 0.3) is 10.0 Å². The average Bonchev–Trinajstić information content (AvgIpc) is 2.65. The van der Waals surface area contributed by atoms with Crippen molar-refractivity contribution in [1.82, 2.24) is 14.3 Å². The first kappa shape index (κ1) is 13.6. The Morgan fingerprint density at radius 3 is 2.76 bits per heavy atom. The van der Waals surface area contributed by atoms with Gasteiger partial charge in [0.1, 0.15) is 0 Å².